The smallest absolute Gasteiger partial charge is 0.338 e. The van der Waals surface area contributed by atoms with Gasteiger partial charge in [-0.3, -0.25) is 9.78 Å². The Hall–Kier alpha value is -1.97. The third-order valence-corrected chi connectivity index (χ3v) is 9.04. The third-order valence-electron chi connectivity index (χ3n) is 9.04. The molecular formula is C25H31NO3. The molecule has 6 atom stereocenters. The van der Waals surface area contributed by atoms with E-state index in [1.54, 1.807) is 24.5 Å². The predicted molar refractivity (Wildman–Crippen MR) is 110 cm³/mol. The van der Waals surface area contributed by atoms with Crippen molar-refractivity contribution in [3.8, 4) is 0 Å². The molecule has 0 bridgehead atoms. The van der Waals surface area contributed by atoms with Crippen molar-refractivity contribution in [3.05, 3.63) is 41.7 Å². The Morgan fingerprint density at radius 3 is 2.62 bits per heavy atom. The number of rotatable bonds is 2. The Balaban J connectivity index is 1.37. The lowest BCUT2D eigenvalue weighted by molar-refractivity contribution is -0.118. The Bertz CT molecular complexity index is 862. The molecule has 3 saturated carbocycles. The number of pyridine rings is 1. The number of hydrogen-bond acceptors (Lipinski definition) is 4. The summed E-state index contributed by atoms with van der Waals surface area (Å²) in [4.78, 5) is 28.7. The number of ketones is 1. The largest absolute Gasteiger partial charge is 0.458 e. The molecule has 4 nitrogen and oxygen atoms in total. The maximum Gasteiger partial charge on any atom is 0.338 e. The standard InChI is InChI=1S/C25H31NO3/c1-24-11-7-18(27)15-17(24)3-4-19-20-5-6-22(25(20,2)12-8-21(19)24)29-23(28)16-9-13-26-14-10-16/h9-10,13-15,19-22H,3-8,11-12H2,1-2H3/t19-,20-,21+,22?,24-,25-/m0/s1. The Kier molecular flexibility index (Phi) is 4.45. The molecule has 4 heteroatoms. The number of carbonyl (C=O) groups is 2. The molecule has 154 valence electrons. The molecule has 0 saturated heterocycles. The summed E-state index contributed by atoms with van der Waals surface area (Å²) < 4.78 is 6.07. The number of hydrogen-bond donors (Lipinski definition) is 0. The fourth-order valence-corrected chi connectivity index (χ4v) is 7.39. The maximum absolute atomic E-state index is 12.7. The molecular weight excluding hydrogens is 362 g/mol. The van der Waals surface area contributed by atoms with Crippen molar-refractivity contribution in [1.29, 1.82) is 0 Å². The Morgan fingerprint density at radius 1 is 1.03 bits per heavy atom. The summed E-state index contributed by atoms with van der Waals surface area (Å²) in [5.74, 6) is 2.08. The van der Waals surface area contributed by atoms with Crippen LogP contribution in [0.1, 0.15) is 75.6 Å². The van der Waals surface area contributed by atoms with Crippen LogP contribution in [0.15, 0.2) is 36.2 Å². The van der Waals surface area contributed by atoms with E-state index in [4.69, 9.17) is 4.74 Å². The first-order valence-electron chi connectivity index (χ1n) is 11.3. The van der Waals surface area contributed by atoms with Crippen molar-refractivity contribution < 1.29 is 14.3 Å². The summed E-state index contributed by atoms with van der Waals surface area (Å²) >= 11 is 0. The fourth-order valence-electron chi connectivity index (χ4n) is 7.39. The van der Waals surface area contributed by atoms with Crippen LogP contribution >= 0.6 is 0 Å². The summed E-state index contributed by atoms with van der Waals surface area (Å²) in [6, 6.07) is 3.46. The van der Waals surface area contributed by atoms with Crippen LogP contribution in [0.2, 0.25) is 0 Å². The number of nitrogens with zero attached hydrogens (tertiary/aromatic N) is 1. The lowest BCUT2D eigenvalue weighted by Gasteiger charge is -2.57. The van der Waals surface area contributed by atoms with Crippen molar-refractivity contribution in [2.45, 2.75) is 71.3 Å². The van der Waals surface area contributed by atoms with Crippen molar-refractivity contribution in [2.24, 2.45) is 28.6 Å². The summed E-state index contributed by atoms with van der Waals surface area (Å²) in [5, 5.41) is 0. The molecule has 0 radical (unpaired) electrons. The molecule has 1 unspecified atom stereocenters. The normalized spacial score (nSPS) is 41.0. The molecule has 1 heterocycles. The number of fused-ring (bicyclic) bond motifs is 5. The van der Waals surface area contributed by atoms with E-state index in [2.05, 4.69) is 18.8 Å². The van der Waals surface area contributed by atoms with Crippen LogP contribution in [0, 0.1) is 28.6 Å². The van der Waals surface area contributed by atoms with Crippen LogP contribution in [0.5, 0.6) is 0 Å². The van der Waals surface area contributed by atoms with Gasteiger partial charge in [0.1, 0.15) is 6.10 Å². The zero-order valence-electron chi connectivity index (χ0n) is 17.5. The molecule has 0 N–H and O–H groups in total. The fraction of sp³-hybridized carbons (Fsp3) is 0.640. The highest BCUT2D eigenvalue weighted by molar-refractivity contribution is 5.91. The highest BCUT2D eigenvalue weighted by Gasteiger charge is 2.59. The number of carbonyl (C=O) groups excluding carboxylic acids is 2. The summed E-state index contributed by atoms with van der Waals surface area (Å²) in [6.07, 6.45) is 13.7. The van der Waals surface area contributed by atoms with Crippen LogP contribution in [0.3, 0.4) is 0 Å². The first kappa shape index (κ1) is 19.0. The van der Waals surface area contributed by atoms with Gasteiger partial charge in [-0.1, -0.05) is 19.4 Å². The first-order valence-corrected chi connectivity index (χ1v) is 11.3. The van der Waals surface area contributed by atoms with Gasteiger partial charge in [0.15, 0.2) is 5.78 Å². The Morgan fingerprint density at radius 2 is 1.83 bits per heavy atom. The average Bonchev–Trinajstić information content (AvgIpc) is 3.05. The maximum atomic E-state index is 12.7. The highest BCUT2D eigenvalue weighted by Crippen LogP contribution is 2.65. The van der Waals surface area contributed by atoms with Crippen LogP contribution in [0.25, 0.3) is 0 Å². The van der Waals surface area contributed by atoms with Crippen LogP contribution < -0.4 is 0 Å². The zero-order valence-corrected chi connectivity index (χ0v) is 17.5. The Labute approximate surface area is 173 Å². The van der Waals surface area contributed by atoms with Crippen LogP contribution in [0.4, 0.5) is 0 Å². The molecule has 29 heavy (non-hydrogen) atoms. The number of ether oxygens (including phenoxy) is 1. The monoisotopic (exact) mass is 393 g/mol. The molecule has 3 fully saturated rings. The van der Waals surface area contributed by atoms with Gasteiger partial charge in [-0.2, -0.15) is 0 Å². The third kappa shape index (κ3) is 2.90. The second-order valence-electron chi connectivity index (χ2n) is 10.2. The average molecular weight is 394 g/mol. The quantitative estimate of drug-likeness (QED) is 0.653. The molecule has 1 aromatic heterocycles. The summed E-state index contributed by atoms with van der Waals surface area (Å²) in [7, 11) is 0. The molecule has 1 aromatic rings. The minimum absolute atomic E-state index is 0.00629. The lowest BCUT2D eigenvalue weighted by atomic mass is 9.47. The van der Waals surface area contributed by atoms with Gasteiger partial charge in [0, 0.05) is 24.2 Å². The number of allylic oxidation sites excluding steroid dienone is 1. The van der Waals surface area contributed by atoms with Crippen molar-refractivity contribution in [2.75, 3.05) is 0 Å². The highest BCUT2D eigenvalue weighted by atomic mass is 16.5. The van der Waals surface area contributed by atoms with Gasteiger partial charge >= 0.3 is 5.97 Å². The molecule has 0 amide bonds. The minimum atomic E-state index is -0.215. The van der Waals surface area contributed by atoms with Gasteiger partial charge in [0.05, 0.1) is 5.56 Å². The van der Waals surface area contributed by atoms with Gasteiger partial charge in [0.2, 0.25) is 0 Å². The topological polar surface area (TPSA) is 56.3 Å². The van der Waals surface area contributed by atoms with Crippen molar-refractivity contribution in [3.63, 3.8) is 0 Å². The van der Waals surface area contributed by atoms with E-state index in [1.165, 1.54) is 18.4 Å². The second kappa shape index (κ2) is 6.78. The van der Waals surface area contributed by atoms with Crippen molar-refractivity contribution in [1.82, 2.24) is 4.98 Å². The zero-order chi connectivity index (χ0) is 20.2. The van der Waals surface area contributed by atoms with Gasteiger partial charge in [-0.05, 0) is 86.3 Å². The van der Waals surface area contributed by atoms with Crippen LogP contribution in [-0.2, 0) is 9.53 Å². The second-order valence-corrected chi connectivity index (χ2v) is 10.2. The number of esters is 1. The van der Waals surface area contributed by atoms with Gasteiger partial charge in [-0.25, -0.2) is 4.79 Å². The molecule has 5 rings (SSSR count). The van der Waals surface area contributed by atoms with E-state index in [0.29, 0.717) is 35.5 Å². The lowest BCUT2D eigenvalue weighted by Crippen LogP contribution is -2.51. The number of aromatic nitrogens is 1. The van der Waals surface area contributed by atoms with E-state index in [9.17, 15) is 9.59 Å². The van der Waals surface area contributed by atoms with E-state index in [0.717, 1.165) is 32.1 Å². The van der Waals surface area contributed by atoms with E-state index >= 15 is 0 Å². The first-order chi connectivity index (χ1) is 13.9. The van der Waals surface area contributed by atoms with Gasteiger partial charge in [-0.15, -0.1) is 0 Å². The van der Waals surface area contributed by atoms with Gasteiger partial charge < -0.3 is 4.74 Å². The van der Waals surface area contributed by atoms with Gasteiger partial charge in [0.25, 0.3) is 0 Å². The minimum Gasteiger partial charge on any atom is -0.458 e. The summed E-state index contributed by atoms with van der Waals surface area (Å²) in [5.41, 5.74) is 2.28. The molecule has 4 aliphatic carbocycles. The van der Waals surface area contributed by atoms with E-state index in [1.807, 2.05) is 6.08 Å². The molecule has 0 spiro atoms. The molecule has 4 aliphatic rings. The molecule has 0 aliphatic heterocycles. The predicted octanol–water partition coefficient (Wildman–Crippen LogP) is 5.14. The molecule has 0 aromatic carbocycles. The van der Waals surface area contributed by atoms with Crippen molar-refractivity contribution >= 4 is 11.8 Å². The van der Waals surface area contributed by atoms with Crippen LogP contribution in [-0.4, -0.2) is 22.8 Å². The van der Waals surface area contributed by atoms with E-state index < -0.39 is 0 Å². The summed E-state index contributed by atoms with van der Waals surface area (Å²) in [6.45, 7) is 4.78. The SMILES string of the molecule is C[C@]12CCC(=O)C=C1CC[C@@H]1[C@H]2CC[C@]2(C)C(OC(=O)c3ccncc3)CC[C@@H]12. The van der Waals surface area contributed by atoms with E-state index in [-0.39, 0.29) is 22.9 Å².